The summed E-state index contributed by atoms with van der Waals surface area (Å²) in [4.78, 5) is 30.9. The molecule has 0 bridgehead atoms. The lowest BCUT2D eigenvalue weighted by Gasteiger charge is -2.32. The molecule has 3 heterocycles. The van der Waals surface area contributed by atoms with E-state index in [1.165, 1.54) is 10.9 Å². The molecule has 0 saturated carbocycles. The van der Waals surface area contributed by atoms with Gasteiger partial charge >= 0.3 is 6.09 Å². The van der Waals surface area contributed by atoms with E-state index in [2.05, 4.69) is 34.3 Å². The third kappa shape index (κ3) is 3.71. The van der Waals surface area contributed by atoms with E-state index < -0.39 is 6.09 Å². The molecule has 1 aliphatic heterocycles. The Balaban J connectivity index is 1.49. The number of nitrogens with zero attached hydrogens (tertiary/aromatic N) is 4. The number of carbonyl (C=O) groups is 2. The van der Waals surface area contributed by atoms with Gasteiger partial charge in [0.2, 0.25) is 0 Å². The molecule has 0 spiro atoms. The van der Waals surface area contributed by atoms with Crippen molar-refractivity contribution in [3.8, 4) is 11.5 Å². The molecule has 1 saturated heterocycles. The smallest absolute Gasteiger partial charge is 0.404 e. The van der Waals surface area contributed by atoms with Crippen molar-refractivity contribution in [3.05, 3.63) is 54.1 Å². The number of hydrogen-bond acceptors (Lipinski definition) is 4. The predicted molar refractivity (Wildman–Crippen MR) is 127 cm³/mol. The molecule has 1 fully saturated rings. The maximum atomic E-state index is 13.2. The summed E-state index contributed by atoms with van der Waals surface area (Å²) in [5.41, 5.74) is 9.68. The molecule has 8 heteroatoms. The topological polar surface area (TPSA) is 95.4 Å². The van der Waals surface area contributed by atoms with Crippen LogP contribution in [0.4, 0.5) is 4.79 Å². The van der Waals surface area contributed by atoms with Crippen molar-refractivity contribution >= 4 is 33.9 Å². The van der Waals surface area contributed by atoms with Gasteiger partial charge in [0.25, 0.3) is 5.91 Å². The van der Waals surface area contributed by atoms with Crippen molar-refractivity contribution in [2.45, 2.75) is 32.4 Å². The van der Waals surface area contributed by atoms with Crippen LogP contribution in [0.15, 0.2) is 48.5 Å². The zero-order chi connectivity index (χ0) is 23.1. The fraction of sp³-hybridized carbons (Fsp3) is 0.320. The second-order valence-electron chi connectivity index (χ2n) is 8.48. The SMILES string of the molecule is CCn1c(-c2nc3cc(C(=O)N4CCCC(OC(N)=O)C4)ccc3n2C)cc2ccccc21. The third-order valence-electron chi connectivity index (χ3n) is 6.43. The van der Waals surface area contributed by atoms with Gasteiger partial charge in [-0.2, -0.15) is 0 Å². The monoisotopic (exact) mass is 445 g/mol. The Bertz CT molecular complexity index is 1370. The van der Waals surface area contributed by atoms with Crippen LogP contribution in [0, 0.1) is 0 Å². The number of fused-ring (bicyclic) bond motifs is 2. The van der Waals surface area contributed by atoms with Gasteiger partial charge in [-0.25, -0.2) is 9.78 Å². The van der Waals surface area contributed by atoms with Crippen LogP contribution in [0.5, 0.6) is 0 Å². The molecule has 0 aliphatic carbocycles. The first-order valence-electron chi connectivity index (χ1n) is 11.3. The van der Waals surface area contributed by atoms with Crippen LogP contribution in [0.25, 0.3) is 33.5 Å². The summed E-state index contributed by atoms with van der Waals surface area (Å²) in [6.45, 7) is 3.94. The lowest BCUT2D eigenvalue weighted by molar-refractivity contribution is 0.0373. The molecule has 2 N–H and O–H groups in total. The van der Waals surface area contributed by atoms with E-state index in [1.807, 2.05) is 37.4 Å². The van der Waals surface area contributed by atoms with Crippen LogP contribution in [-0.2, 0) is 18.3 Å². The van der Waals surface area contributed by atoms with E-state index in [-0.39, 0.29) is 12.0 Å². The van der Waals surface area contributed by atoms with Crippen LogP contribution < -0.4 is 5.73 Å². The second-order valence-corrected chi connectivity index (χ2v) is 8.48. The minimum Gasteiger partial charge on any atom is -0.445 e. The van der Waals surface area contributed by atoms with Crippen molar-refractivity contribution in [1.82, 2.24) is 19.0 Å². The van der Waals surface area contributed by atoms with Gasteiger partial charge in [0.05, 0.1) is 23.3 Å². The van der Waals surface area contributed by atoms with Crippen LogP contribution in [0.3, 0.4) is 0 Å². The summed E-state index contributed by atoms with van der Waals surface area (Å²) in [7, 11) is 2.00. The quantitative estimate of drug-likeness (QED) is 0.515. The molecule has 1 atom stereocenters. The highest BCUT2D eigenvalue weighted by Gasteiger charge is 2.27. The Morgan fingerprint density at radius 3 is 2.76 bits per heavy atom. The molecule has 2 aromatic heterocycles. The minimum absolute atomic E-state index is 0.0930. The number of carbonyl (C=O) groups excluding carboxylic acids is 2. The predicted octanol–water partition coefficient (Wildman–Crippen LogP) is 3.91. The van der Waals surface area contributed by atoms with Crippen molar-refractivity contribution < 1.29 is 14.3 Å². The fourth-order valence-corrected chi connectivity index (χ4v) is 4.86. The average Bonchev–Trinajstić information content (AvgIpc) is 3.35. The standard InChI is InChI=1S/C25H27N5O3/c1-3-30-20-9-5-4-7-16(20)14-22(30)23-27-19-13-17(10-11-21(19)28(23)2)24(31)29-12-6-8-18(15-29)33-25(26)32/h4-5,7,9-11,13-14,18H,3,6,8,12,15H2,1-2H3,(H2,26,32). The first-order chi connectivity index (χ1) is 16.0. The zero-order valence-corrected chi connectivity index (χ0v) is 18.8. The molecule has 170 valence electrons. The normalized spacial score (nSPS) is 16.4. The number of benzene rings is 2. The van der Waals surface area contributed by atoms with Crippen LogP contribution in [0.2, 0.25) is 0 Å². The Morgan fingerprint density at radius 2 is 1.97 bits per heavy atom. The lowest BCUT2D eigenvalue weighted by Crippen LogP contribution is -2.44. The average molecular weight is 446 g/mol. The van der Waals surface area contributed by atoms with E-state index in [0.717, 1.165) is 35.5 Å². The number of likely N-dealkylation sites (tertiary alicyclic amines) is 1. The summed E-state index contributed by atoms with van der Waals surface area (Å²) in [5.74, 6) is 0.769. The van der Waals surface area contributed by atoms with Crippen molar-refractivity contribution in [3.63, 3.8) is 0 Å². The number of aromatic nitrogens is 3. The molecule has 4 aromatic rings. The molecule has 1 aliphatic rings. The van der Waals surface area contributed by atoms with Gasteiger partial charge in [-0.1, -0.05) is 18.2 Å². The van der Waals surface area contributed by atoms with E-state index >= 15 is 0 Å². The Kier molecular flexibility index (Phi) is 5.28. The molecule has 1 unspecified atom stereocenters. The van der Waals surface area contributed by atoms with Gasteiger partial charge in [-0.15, -0.1) is 0 Å². The number of imidazole rings is 1. The van der Waals surface area contributed by atoms with Gasteiger partial charge < -0.3 is 24.5 Å². The van der Waals surface area contributed by atoms with Gasteiger partial charge in [-0.3, -0.25) is 4.79 Å². The van der Waals surface area contributed by atoms with Gasteiger partial charge in [0, 0.05) is 36.6 Å². The molecule has 2 amide bonds. The summed E-state index contributed by atoms with van der Waals surface area (Å²) < 4.78 is 9.45. The van der Waals surface area contributed by atoms with Gasteiger partial charge in [-0.05, 0) is 50.1 Å². The molecule has 33 heavy (non-hydrogen) atoms. The van der Waals surface area contributed by atoms with E-state index in [1.54, 1.807) is 4.90 Å². The summed E-state index contributed by atoms with van der Waals surface area (Å²) in [6, 6.07) is 16.1. The highest BCUT2D eigenvalue weighted by atomic mass is 16.6. The summed E-state index contributed by atoms with van der Waals surface area (Å²) >= 11 is 0. The highest BCUT2D eigenvalue weighted by Crippen LogP contribution is 2.30. The lowest BCUT2D eigenvalue weighted by atomic mass is 10.1. The largest absolute Gasteiger partial charge is 0.445 e. The van der Waals surface area contributed by atoms with E-state index in [0.29, 0.717) is 25.1 Å². The van der Waals surface area contributed by atoms with Crippen LogP contribution in [-0.4, -0.2) is 50.2 Å². The highest BCUT2D eigenvalue weighted by molar-refractivity contribution is 5.98. The molecule has 0 radical (unpaired) electrons. The van der Waals surface area contributed by atoms with Crippen molar-refractivity contribution in [2.75, 3.05) is 13.1 Å². The molecule has 2 aromatic carbocycles. The first kappa shape index (κ1) is 21.1. The number of ether oxygens (including phenoxy) is 1. The zero-order valence-electron chi connectivity index (χ0n) is 18.8. The maximum Gasteiger partial charge on any atom is 0.404 e. The summed E-state index contributed by atoms with van der Waals surface area (Å²) in [5, 5.41) is 1.18. The summed E-state index contributed by atoms with van der Waals surface area (Å²) in [6.07, 6.45) is 0.310. The van der Waals surface area contributed by atoms with E-state index in [4.69, 9.17) is 15.5 Å². The number of amides is 2. The second kappa shape index (κ2) is 8.27. The molecular weight excluding hydrogens is 418 g/mol. The molecule has 8 nitrogen and oxygen atoms in total. The number of aryl methyl sites for hydroxylation is 2. The van der Waals surface area contributed by atoms with Crippen LogP contribution in [0.1, 0.15) is 30.1 Å². The van der Waals surface area contributed by atoms with Crippen molar-refractivity contribution in [1.29, 1.82) is 0 Å². The van der Waals surface area contributed by atoms with Gasteiger partial charge in [0.1, 0.15) is 6.10 Å². The minimum atomic E-state index is -0.804. The fourth-order valence-electron chi connectivity index (χ4n) is 4.86. The number of hydrogen-bond donors (Lipinski definition) is 1. The van der Waals surface area contributed by atoms with E-state index in [9.17, 15) is 9.59 Å². The Labute approximate surface area is 191 Å². The number of para-hydroxylation sites is 1. The van der Waals surface area contributed by atoms with Gasteiger partial charge in [0.15, 0.2) is 5.82 Å². The Hall–Kier alpha value is -3.81. The number of piperidine rings is 1. The van der Waals surface area contributed by atoms with Crippen LogP contribution >= 0.6 is 0 Å². The molecule has 5 rings (SSSR count). The number of nitrogens with two attached hydrogens (primary N) is 1. The third-order valence-corrected chi connectivity index (χ3v) is 6.43. The maximum absolute atomic E-state index is 13.2. The first-order valence-corrected chi connectivity index (χ1v) is 11.3. The van der Waals surface area contributed by atoms with Crippen molar-refractivity contribution in [2.24, 2.45) is 12.8 Å². The Morgan fingerprint density at radius 1 is 1.15 bits per heavy atom. The number of rotatable bonds is 4. The molecular formula is C25H27N5O3. The number of primary amides is 1.